The molecule has 1 aromatic heterocycles. The number of nitrogens with zero attached hydrogens (tertiary/aromatic N) is 2. The summed E-state index contributed by atoms with van der Waals surface area (Å²) in [5, 5.41) is 6.47. The maximum Gasteiger partial charge on any atom is 0.416 e. The third-order valence-corrected chi connectivity index (χ3v) is 7.19. The number of nitrogens with one attached hydrogen (secondary N) is 3. The number of carbonyl (C=O) groups is 1. The van der Waals surface area contributed by atoms with E-state index >= 15 is 0 Å². The van der Waals surface area contributed by atoms with E-state index in [0.29, 0.717) is 47.6 Å². The fourth-order valence-electron chi connectivity index (χ4n) is 3.96. The predicted octanol–water partition coefficient (Wildman–Crippen LogP) is 5.60. The van der Waals surface area contributed by atoms with Gasteiger partial charge in [0.05, 0.1) is 10.5 Å². The Labute approximate surface area is 230 Å². The van der Waals surface area contributed by atoms with Crippen LogP contribution < -0.4 is 20.1 Å². The lowest BCUT2D eigenvalue weighted by atomic mass is 10.1. The van der Waals surface area contributed by atoms with E-state index in [-0.39, 0.29) is 12.2 Å². The lowest BCUT2D eigenvalue weighted by Gasteiger charge is -2.13. The maximum atomic E-state index is 12.7. The number of alkyl halides is 3. The van der Waals surface area contributed by atoms with Crippen molar-refractivity contribution in [2.24, 2.45) is 0 Å². The molecule has 40 heavy (non-hydrogen) atoms. The van der Waals surface area contributed by atoms with E-state index in [2.05, 4.69) is 25.3 Å². The van der Waals surface area contributed by atoms with Crippen molar-refractivity contribution in [2.75, 3.05) is 30.3 Å². The molecule has 1 atom stereocenters. The van der Waals surface area contributed by atoms with Crippen LogP contribution >= 0.6 is 0 Å². The molecular formula is C28H24F3N5O3S. The lowest BCUT2D eigenvalue weighted by molar-refractivity contribution is -0.137. The molecule has 0 radical (unpaired) electrons. The summed E-state index contributed by atoms with van der Waals surface area (Å²) in [6.45, 7) is 0.807. The van der Waals surface area contributed by atoms with Gasteiger partial charge in [-0.2, -0.15) is 18.2 Å². The molecule has 0 spiro atoms. The van der Waals surface area contributed by atoms with Gasteiger partial charge >= 0.3 is 6.18 Å². The predicted molar refractivity (Wildman–Crippen MR) is 146 cm³/mol. The number of Topliss-reactive ketones (excluding diaryl/α,β-unsaturated/α-hetero) is 1. The zero-order valence-corrected chi connectivity index (χ0v) is 21.8. The molecule has 4 bridgehead atoms. The molecule has 0 saturated carbocycles. The number of ketones is 1. The van der Waals surface area contributed by atoms with Crippen LogP contribution in [0, 0.1) is 0 Å². The zero-order valence-electron chi connectivity index (χ0n) is 21.0. The number of rotatable bonds is 5. The monoisotopic (exact) mass is 567 g/mol. The van der Waals surface area contributed by atoms with Crippen LogP contribution in [-0.2, 0) is 17.2 Å². The van der Waals surface area contributed by atoms with E-state index in [1.807, 2.05) is 12.1 Å². The number of hydrogen-bond acceptors (Lipinski definition) is 7. The Balaban J connectivity index is 1.29. The van der Waals surface area contributed by atoms with Crippen LogP contribution in [0.1, 0.15) is 22.3 Å². The second-order valence-corrected chi connectivity index (χ2v) is 10.2. The van der Waals surface area contributed by atoms with E-state index in [9.17, 15) is 22.2 Å². The van der Waals surface area contributed by atoms with Gasteiger partial charge in [-0.1, -0.05) is 30.3 Å². The molecule has 0 amide bonds. The normalized spacial score (nSPS) is 15.4. The van der Waals surface area contributed by atoms with Gasteiger partial charge in [0, 0.05) is 36.1 Å². The van der Waals surface area contributed by atoms with Gasteiger partial charge in [0.15, 0.2) is 12.4 Å². The first-order valence-electron chi connectivity index (χ1n) is 12.3. The first-order valence-corrected chi connectivity index (χ1v) is 13.5. The van der Waals surface area contributed by atoms with Crippen molar-refractivity contribution in [2.45, 2.75) is 17.5 Å². The molecule has 12 heteroatoms. The second-order valence-electron chi connectivity index (χ2n) is 8.86. The van der Waals surface area contributed by atoms with Crippen molar-refractivity contribution in [1.29, 1.82) is 0 Å². The molecule has 1 unspecified atom stereocenters. The van der Waals surface area contributed by atoms with Crippen molar-refractivity contribution >= 4 is 34.2 Å². The minimum absolute atomic E-state index is 0.134. The smallest absolute Gasteiger partial charge is 0.416 e. The SMILES string of the molecule is O=C(COc1ccc(-c2cnc3nc2NCCCNS(=O)c2cccc(c2)N3)cc1)c1ccc(C(F)(F)F)cc1. The largest absolute Gasteiger partial charge is 0.485 e. The molecule has 206 valence electrons. The Bertz CT molecular complexity index is 1530. The Morgan fingerprint density at radius 3 is 2.52 bits per heavy atom. The average Bonchev–Trinajstić information content (AvgIpc) is 2.96. The van der Waals surface area contributed by atoms with Crippen LogP contribution in [0.4, 0.5) is 30.6 Å². The van der Waals surface area contributed by atoms with Gasteiger partial charge in [-0.3, -0.25) is 4.79 Å². The number of carbonyl (C=O) groups excluding carboxylic acids is 1. The third kappa shape index (κ3) is 6.64. The van der Waals surface area contributed by atoms with E-state index in [1.165, 1.54) is 0 Å². The summed E-state index contributed by atoms with van der Waals surface area (Å²) >= 11 is 0. The first kappa shape index (κ1) is 27.3. The third-order valence-electron chi connectivity index (χ3n) is 6.04. The van der Waals surface area contributed by atoms with Gasteiger partial charge in [-0.15, -0.1) is 0 Å². The fourth-order valence-corrected chi connectivity index (χ4v) is 4.89. The van der Waals surface area contributed by atoms with Gasteiger partial charge in [0.2, 0.25) is 5.95 Å². The maximum absolute atomic E-state index is 12.7. The first-order chi connectivity index (χ1) is 19.3. The van der Waals surface area contributed by atoms with E-state index < -0.39 is 28.5 Å². The Morgan fingerprint density at radius 1 is 1.00 bits per heavy atom. The Kier molecular flexibility index (Phi) is 8.08. The highest BCUT2D eigenvalue weighted by Gasteiger charge is 2.30. The summed E-state index contributed by atoms with van der Waals surface area (Å²) in [6.07, 6.45) is -2.06. The molecule has 0 aliphatic carbocycles. The molecule has 1 aliphatic rings. The van der Waals surface area contributed by atoms with Crippen molar-refractivity contribution in [3.8, 4) is 16.9 Å². The summed E-state index contributed by atoms with van der Waals surface area (Å²) in [7, 11) is -1.33. The summed E-state index contributed by atoms with van der Waals surface area (Å²) in [5.41, 5.74) is 1.58. The van der Waals surface area contributed by atoms with E-state index in [1.54, 1.807) is 42.6 Å². The van der Waals surface area contributed by atoms with Crippen LogP contribution in [0.3, 0.4) is 0 Å². The van der Waals surface area contributed by atoms with Crippen molar-refractivity contribution in [1.82, 2.24) is 14.7 Å². The zero-order chi connectivity index (χ0) is 28.1. The van der Waals surface area contributed by atoms with E-state index in [0.717, 1.165) is 35.4 Å². The summed E-state index contributed by atoms with van der Waals surface area (Å²) < 4.78 is 59.3. The lowest BCUT2D eigenvalue weighted by Crippen LogP contribution is -2.20. The number of benzene rings is 3. The molecule has 0 saturated heterocycles. The highest BCUT2D eigenvalue weighted by molar-refractivity contribution is 7.83. The minimum atomic E-state index is -4.46. The molecule has 2 heterocycles. The van der Waals surface area contributed by atoms with Crippen molar-refractivity contribution in [3.63, 3.8) is 0 Å². The van der Waals surface area contributed by atoms with Gasteiger partial charge in [0.1, 0.15) is 22.6 Å². The van der Waals surface area contributed by atoms with Gasteiger partial charge in [-0.25, -0.2) is 13.9 Å². The molecule has 1 aliphatic heterocycles. The fraction of sp³-hybridized carbons (Fsp3) is 0.179. The molecule has 5 rings (SSSR count). The summed E-state index contributed by atoms with van der Waals surface area (Å²) in [6, 6.07) is 18.2. The van der Waals surface area contributed by atoms with Crippen LogP contribution in [-0.4, -0.2) is 39.7 Å². The van der Waals surface area contributed by atoms with Gasteiger partial charge in [0.25, 0.3) is 0 Å². The van der Waals surface area contributed by atoms with Gasteiger partial charge < -0.3 is 15.4 Å². The highest BCUT2D eigenvalue weighted by atomic mass is 32.2. The summed E-state index contributed by atoms with van der Waals surface area (Å²) in [5.74, 6) is 0.979. The molecule has 3 N–H and O–H groups in total. The standard InChI is InChI=1S/C28H24F3N5O3S/c29-28(30,31)20-9-5-19(6-10-20)25(37)17-39-22-11-7-18(8-12-22)24-16-33-27-35-21-3-1-4-23(15-21)40(38)34-14-2-13-32-26(24)36-27/h1,3-12,15-16,34H,2,13-14,17H2,(H2,32,33,35,36). The molecule has 4 aromatic rings. The van der Waals surface area contributed by atoms with Gasteiger partial charge in [-0.05, 0) is 54.4 Å². The number of halogens is 3. The number of anilines is 3. The number of ether oxygens (including phenoxy) is 1. The molecular weight excluding hydrogens is 543 g/mol. The van der Waals surface area contributed by atoms with E-state index in [4.69, 9.17) is 4.74 Å². The topological polar surface area (TPSA) is 105 Å². The summed E-state index contributed by atoms with van der Waals surface area (Å²) in [4.78, 5) is 22.1. The second kappa shape index (κ2) is 11.8. The number of aromatic nitrogens is 2. The molecule has 3 aromatic carbocycles. The number of hydrogen-bond donors (Lipinski definition) is 3. The quantitative estimate of drug-likeness (QED) is 0.270. The Hall–Kier alpha value is -4.29. The Morgan fingerprint density at radius 2 is 1.77 bits per heavy atom. The van der Waals surface area contributed by atoms with Crippen LogP contribution in [0.15, 0.2) is 83.9 Å². The van der Waals surface area contributed by atoms with Crippen LogP contribution in [0.25, 0.3) is 11.1 Å². The minimum Gasteiger partial charge on any atom is -0.485 e. The highest BCUT2D eigenvalue weighted by Crippen LogP contribution is 2.30. The van der Waals surface area contributed by atoms with Crippen LogP contribution in [0.2, 0.25) is 0 Å². The molecule has 0 fully saturated rings. The van der Waals surface area contributed by atoms with Crippen LogP contribution in [0.5, 0.6) is 5.75 Å². The van der Waals surface area contributed by atoms with Crippen molar-refractivity contribution < 1.29 is 26.9 Å². The van der Waals surface area contributed by atoms with Crippen molar-refractivity contribution in [3.05, 3.63) is 90.1 Å². The molecule has 8 nitrogen and oxygen atoms in total. The number of fused-ring (bicyclic) bond motifs is 4. The average molecular weight is 568 g/mol.